The highest BCUT2D eigenvalue weighted by atomic mass is 32.2. The molecule has 3 rings (SSSR count). The summed E-state index contributed by atoms with van der Waals surface area (Å²) < 4.78 is 0.572. The summed E-state index contributed by atoms with van der Waals surface area (Å²) >= 11 is 8.42. The molecule has 0 aromatic heterocycles. The van der Waals surface area contributed by atoms with Gasteiger partial charge in [-0.2, -0.15) is 0 Å². The lowest BCUT2D eigenvalue weighted by Crippen LogP contribution is -2.33. The van der Waals surface area contributed by atoms with Crippen LogP contribution in [0.5, 0.6) is 0 Å². The summed E-state index contributed by atoms with van der Waals surface area (Å²) in [5, 5.41) is 3.96. The predicted octanol–water partition coefficient (Wildman–Crippen LogP) is 9.78. The summed E-state index contributed by atoms with van der Waals surface area (Å²) in [4.78, 5) is 15.9. The number of para-hydroxylation sites is 1. The minimum atomic E-state index is -0.0644. The number of rotatable bonds is 18. The first kappa shape index (κ1) is 30.3. The summed E-state index contributed by atoms with van der Waals surface area (Å²) in [6.45, 7) is 3.32. The SMILES string of the molecule is CCCCCCCCCCCCCCCCCCN1/C(=C\C=C2\CSC(=S)NC2=O)Sc2ccccc21. The van der Waals surface area contributed by atoms with Crippen molar-refractivity contribution in [2.24, 2.45) is 0 Å². The topological polar surface area (TPSA) is 32.3 Å². The van der Waals surface area contributed by atoms with Crippen LogP contribution in [0.1, 0.15) is 110 Å². The number of unbranched alkanes of at least 4 members (excludes halogenated alkanes) is 15. The van der Waals surface area contributed by atoms with Crippen LogP contribution >= 0.6 is 35.7 Å². The molecule has 204 valence electrons. The molecule has 0 unspecified atom stereocenters. The fourth-order valence-corrected chi connectivity index (χ4v) is 6.98. The van der Waals surface area contributed by atoms with Crippen LogP contribution in [-0.2, 0) is 4.79 Å². The van der Waals surface area contributed by atoms with E-state index in [4.69, 9.17) is 12.2 Å². The quantitative estimate of drug-likeness (QED) is 0.110. The van der Waals surface area contributed by atoms with Crippen molar-refractivity contribution in [3.8, 4) is 0 Å². The highest BCUT2D eigenvalue weighted by molar-refractivity contribution is 8.23. The molecule has 1 amide bonds. The lowest BCUT2D eigenvalue weighted by molar-refractivity contribution is -0.116. The Bertz CT molecular complexity index is 911. The summed E-state index contributed by atoms with van der Waals surface area (Å²) in [6, 6.07) is 8.63. The van der Waals surface area contributed by atoms with Crippen molar-refractivity contribution in [2.45, 2.75) is 115 Å². The predicted molar refractivity (Wildman–Crippen MR) is 169 cm³/mol. The Kier molecular flexibility index (Phi) is 14.8. The Balaban J connectivity index is 1.29. The van der Waals surface area contributed by atoms with Crippen LogP contribution < -0.4 is 10.2 Å². The number of carbonyl (C=O) groups is 1. The molecule has 2 aliphatic rings. The summed E-state index contributed by atoms with van der Waals surface area (Å²) in [5.74, 6) is 0.580. The minimum absolute atomic E-state index is 0.0644. The van der Waals surface area contributed by atoms with Gasteiger partial charge in [0.15, 0.2) is 0 Å². The third-order valence-electron chi connectivity index (χ3n) is 7.16. The second kappa shape index (κ2) is 18.1. The number of nitrogens with zero attached hydrogens (tertiary/aromatic N) is 1. The number of thiocarbonyl (C=S) groups is 1. The summed E-state index contributed by atoms with van der Waals surface area (Å²) in [7, 11) is 0. The first-order valence-corrected chi connectivity index (χ1v) is 16.8. The van der Waals surface area contributed by atoms with Gasteiger partial charge in [0.25, 0.3) is 5.91 Å². The molecule has 6 heteroatoms. The molecule has 1 aromatic carbocycles. The van der Waals surface area contributed by atoms with Gasteiger partial charge in [-0.25, -0.2) is 0 Å². The largest absolute Gasteiger partial charge is 0.335 e. The van der Waals surface area contributed by atoms with Crippen LogP contribution in [0, 0.1) is 0 Å². The van der Waals surface area contributed by atoms with E-state index in [0.29, 0.717) is 10.1 Å². The Morgan fingerprint density at radius 3 is 2.00 bits per heavy atom. The van der Waals surface area contributed by atoms with E-state index in [1.165, 1.54) is 130 Å². The molecular weight excluding hydrogens is 513 g/mol. The lowest BCUT2D eigenvalue weighted by atomic mass is 10.0. The van der Waals surface area contributed by atoms with Crippen LogP contribution in [0.3, 0.4) is 0 Å². The van der Waals surface area contributed by atoms with Crippen molar-refractivity contribution in [1.29, 1.82) is 0 Å². The van der Waals surface area contributed by atoms with E-state index in [0.717, 1.165) is 12.1 Å². The fraction of sp³-hybridized carbons (Fsp3) is 0.613. The fourth-order valence-electron chi connectivity index (χ4n) is 4.94. The Hall–Kier alpha value is -1.24. The van der Waals surface area contributed by atoms with Gasteiger partial charge in [-0.15, -0.1) is 0 Å². The van der Waals surface area contributed by atoms with Crippen molar-refractivity contribution < 1.29 is 4.79 Å². The highest BCUT2D eigenvalue weighted by Gasteiger charge is 2.24. The van der Waals surface area contributed by atoms with Crippen LogP contribution in [0.2, 0.25) is 0 Å². The molecule has 0 aliphatic carbocycles. The molecule has 3 nitrogen and oxygen atoms in total. The molecule has 0 atom stereocenters. The van der Waals surface area contributed by atoms with E-state index in [1.807, 2.05) is 6.08 Å². The number of nitrogens with one attached hydrogen (secondary N) is 1. The molecule has 0 radical (unpaired) electrons. The van der Waals surface area contributed by atoms with Gasteiger partial charge in [-0.1, -0.05) is 157 Å². The number of benzene rings is 1. The zero-order valence-corrected chi connectivity index (χ0v) is 25.2. The number of hydrogen-bond donors (Lipinski definition) is 1. The first-order chi connectivity index (χ1) is 18.2. The second-order valence-corrected chi connectivity index (χ2v) is 13.0. The number of fused-ring (bicyclic) bond motifs is 1. The van der Waals surface area contributed by atoms with Gasteiger partial charge in [-0.05, 0) is 24.6 Å². The number of allylic oxidation sites excluding steroid dienone is 2. The van der Waals surface area contributed by atoms with Crippen LogP contribution in [0.25, 0.3) is 0 Å². The van der Waals surface area contributed by atoms with E-state index in [-0.39, 0.29) is 5.91 Å². The van der Waals surface area contributed by atoms with E-state index in [2.05, 4.69) is 47.5 Å². The molecule has 1 saturated heterocycles. The molecule has 0 spiro atoms. The van der Waals surface area contributed by atoms with Crippen LogP contribution in [-0.4, -0.2) is 22.5 Å². The second-order valence-electron chi connectivity index (χ2n) is 10.3. The van der Waals surface area contributed by atoms with E-state index in [9.17, 15) is 4.79 Å². The van der Waals surface area contributed by atoms with Gasteiger partial charge in [0.2, 0.25) is 0 Å². The number of thioether (sulfide) groups is 2. The molecular formula is C31H46N2OS3. The Labute approximate surface area is 239 Å². The van der Waals surface area contributed by atoms with Gasteiger partial charge in [0, 0.05) is 22.8 Å². The van der Waals surface area contributed by atoms with Crippen LogP contribution in [0.4, 0.5) is 5.69 Å². The van der Waals surface area contributed by atoms with Gasteiger partial charge in [0.1, 0.15) is 4.32 Å². The smallest absolute Gasteiger partial charge is 0.253 e. The number of anilines is 1. The normalized spacial score (nSPS) is 17.6. The molecule has 1 fully saturated rings. The molecule has 0 bridgehead atoms. The highest BCUT2D eigenvalue weighted by Crippen LogP contribution is 2.46. The zero-order valence-electron chi connectivity index (χ0n) is 22.8. The maximum Gasteiger partial charge on any atom is 0.253 e. The Morgan fingerprint density at radius 1 is 0.838 bits per heavy atom. The van der Waals surface area contributed by atoms with Gasteiger partial charge < -0.3 is 10.2 Å². The summed E-state index contributed by atoms with van der Waals surface area (Å²) in [5.41, 5.74) is 2.08. The maximum absolute atomic E-state index is 12.2. The number of carbonyl (C=O) groups excluding carboxylic acids is 1. The summed E-state index contributed by atoms with van der Waals surface area (Å²) in [6.07, 6.45) is 26.3. The number of hydrogen-bond acceptors (Lipinski definition) is 5. The van der Waals surface area contributed by atoms with Crippen molar-refractivity contribution >= 4 is 51.7 Å². The van der Waals surface area contributed by atoms with Crippen molar-refractivity contribution in [3.05, 3.63) is 47.0 Å². The molecule has 37 heavy (non-hydrogen) atoms. The van der Waals surface area contributed by atoms with Gasteiger partial charge >= 0.3 is 0 Å². The van der Waals surface area contributed by atoms with Gasteiger partial charge in [0.05, 0.1) is 10.7 Å². The molecule has 1 aromatic rings. The molecule has 0 saturated carbocycles. The standard InChI is InChI=1S/C31H46N2OS3/c1-2-3-4-5-6-7-8-9-10-11-12-13-14-15-16-19-24-33-27-20-17-18-21-28(27)37-29(33)23-22-26-25-36-31(35)32-30(26)34/h17-18,20-23H,2-16,19,24-25H2,1H3,(H,32,34,35)/b26-22-,29-23+. The zero-order chi connectivity index (χ0) is 26.1. The molecule has 1 N–H and O–H groups in total. The third kappa shape index (κ3) is 11.2. The average molecular weight is 559 g/mol. The Morgan fingerprint density at radius 2 is 1.41 bits per heavy atom. The average Bonchev–Trinajstić information content (AvgIpc) is 3.25. The minimum Gasteiger partial charge on any atom is -0.335 e. The first-order valence-electron chi connectivity index (χ1n) is 14.6. The van der Waals surface area contributed by atoms with Crippen molar-refractivity contribution in [3.63, 3.8) is 0 Å². The van der Waals surface area contributed by atoms with E-state index in [1.54, 1.807) is 11.8 Å². The number of amides is 1. The van der Waals surface area contributed by atoms with Crippen LogP contribution in [0.15, 0.2) is 51.9 Å². The third-order valence-corrected chi connectivity index (χ3v) is 9.57. The molecule has 2 heterocycles. The maximum atomic E-state index is 12.2. The van der Waals surface area contributed by atoms with E-state index >= 15 is 0 Å². The van der Waals surface area contributed by atoms with Gasteiger partial charge in [-0.3, -0.25) is 4.79 Å². The van der Waals surface area contributed by atoms with Crippen molar-refractivity contribution in [1.82, 2.24) is 5.32 Å². The molecule has 2 aliphatic heterocycles. The van der Waals surface area contributed by atoms with E-state index < -0.39 is 0 Å². The monoisotopic (exact) mass is 558 g/mol. The lowest BCUT2D eigenvalue weighted by Gasteiger charge is -2.20. The van der Waals surface area contributed by atoms with Crippen molar-refractivity contribution in [2.75, 3.05) is 17.2 Å².